The fourth-order valence-corrected chi connectivity index (χ4v) is 4.28. The van der Waals surface area contributed by atoms with Crippen LogP contribution in [0.4, 0.5) is 24.7 Å². The molecule has 0 amide bonds. The first-order valence-electron chi connectivity index (χ1n) is 10.7. The second-order valence-corrected chi connectivity index (χ2v) is 8.28. The topological polar surface area (TPSA) is 97.0 Å². The summed E-state index contributed by atoms with van der Waals surface area (Å²) in [4.78, 5) is 2.03. The van der Waals surface area contributed by atoms with E-state index >= 15 is 0 Å². The minimum atomic E-state index is -4.80. The maximum atomic E-state index is 12.7. The van der Waals surface area contributed by atoms with Gasteiger partial charge in [-0.05, 0) is 37.8 Å². The van der Waals surface area contributed by atoms with E-state index in [4.69, 9.17) is 9.84 Å². The van der Waals surface area contributed by atoms with Crippen LogP contribution in [0.15, 0.2) is 24.3 Å². The third-order valence-electron chi connectivity index (χ3n) is 5.90. The summed E-state index contributed by atoms with van der Waals surface area (Å²) in [5, 5.41) is 26.4. The number of hydrogen-bond acceptors (Lipinski definition) is 8. The molecule has 0 atom stereocenters. The lowest BCUT2D eigenvalue weighted by Crippen LogP contribution is -2.33. The monoisotopic (exact) mass is 464 g/mol. The average molecular weight is 464 g/mol. The van der Waals surface area contributed by atoms with Crippen molar-refractivity contribution >= 4 is 17.2 Å². The SMILES string of the molecule is CN1CCOc2c1c(N[C@H]1CC[C@H](O)CC1)nn1c(-c3cccc(OC(F)(F)F)c3)nnc21. The van der Waals surface area contributed by atoms with E-state index in [0.717, 1.165) is 18.5 Å². The number of anilines is 2. The first-order chi connectivity index (χ1) is 15.8. The van der Waals surface area contributed by atoms with Crippen molar-refractivity contribution < 1.29 is 27.8 Å². The Balaban J connectivity index is 1.58. The van der Waals surface area contributed by atoms with Crippen LogP contribution in [0.2, 0.25) is 0 Å². The maximum Gasteiger partial charge on any atom is 0.573 e. The Hall–Kier alpha value is -3.28. The number of rotatable bonds is 4. The van der Waals surface area contributed by atoms with E-state index in [2.05, 4.69) is 20.3 Å². The number of alkyl halides is 3. The quantitative estimate of drug-likeness (QED) is 0.608. The normalized spacial score (nSPS) is 20.9. The first-order valence-corrected chi connectivity index (χ1v) is 10.7. The first kappa shape index (κ1) is 21.6. The number of nitrogens with zero attached hydrogens (tertiary/aromatic N) is 5. The minimum absolute atomic E-state index is 0.126. The summed E-state index contributed by atoms with van der Waals surface area (Å²) in [5.74, 6) is 0.993. The van der Waals surface area contributed by atoms with Gasteiger partial charge in [-0.15, -0.1) is 28.5 Å². The average Bonchev–Trinajstić information content (AvgIpc) is 3.18. The molecule has 12 heteroatoms. The third kappa shape index (κ3) is 4.34. The second kappa shape index (κ2) is 8.25. The zero-order chi connectivity index (χ0) is 23.2. The van der Waals surface area contributed by atoms with Crippen molar-refractivity contribution in [2.75, 3.05) is 30.4 Å². The van der Waals surface area contributed by atoms with E-state index in [1.807, 2.05) is 11.9 Å². The number of benzene rings is 1. The van der Waals surface area contributed by atoms with E-state index in [1.54, 1.807) is 6.07 Å². The van der Waals surface area contributed by atoms with Crippen molar-refractivity contribution in [1.82, 2.24) is 19.8 Å². The molecule has 0 radical (unpaired) electrons. The molecular weight excluding hydrogens is 441 g/mol. The van der Waals surface area contributed by atoms with Crippen molar-refractivity contribution in [2.24, 2.45) is 0 Å². The smallest absolute Gasteiger partial charge is 0.486 e. The summed E-state index contributed by atoms with van der Waals surface area (Å²) >= 11 is 0. The molecule has 5 rings (SSSR count). The van der Waals surface area contributed by atoms with E-state index in [0.29, 0.717) is 48.8 Å². The molecule has 1 aliphatic heterocycles. The van der Waals surface area contributed by atoms with Crippen LogP contribution in [-0.2, 0) is 0 Å². The minimum Gasteiger partial charge on any atom is -0.486 e. The van der Waals surface area contributed by atoms with E-state index < -0.39 is 6.36 Å². The zero-order valence-electron chi connectivity index (χ0n) is 17.8. The Kier molecular flexibility index (Phi) is 5.39. The highest BCUT2D eigenvalue weighted by molar-refractivity contribution is 5.82. The standard InChI is InChI=1S/C21H23F3N6O3/c1-29-9-10-32-17-16(29)18(25-13-5-7-14(31)8-6-13)28-30-19(26-27-20(17)30)12-3-2-4-15(11-12)33-21(22,23)24/h2-4,11,13-14,31H,5-10H2,1H3,(H,25,28)/t13-,14-. The largest absolute Gasteiger partial charge is 0.573 e. The number of fused-ring (bicyclic) bond motifs is 3. The van der Waals surface area contributed by atoms with Gasteiger partial charge in [0.15, 0.2) is 17.4 Å². The van der Waals surface area contributed by atoms with Crippen LogP contribution in [-0.4, -0.2) is 63.6 Å². The predicted molar refractivity (Wildman–Crippen MR) is 114 cm³/mol. The number of nitrogens with one attached hydrogen (secondary N) is 1. The fourth-order valence-electron chi connectivity index (χ4n) is 4.28. The molecule has 3 aromatic rings. The third-order valence-corrected chi connectivity index (χ3v) is 5.90. The highest BCUT2D eigenvalue weighted by Crippen LogP contribution is 2.41. The number of aromatic nitrogens is 4. The number of ether oxygens (including phenoxy) is 2. The summed E-state index contributed by atoms with van der Waals surface area (Å²) in [7, 11) is 1.94. The molecule has 0 saturated heterocycles. The van der Waals surface area contributed by atoms with Crippen molar-refractivity contribution in [3.05, 3.63) is 24.3 Å². The van der Waals surface area contributed by atoms with Gasteiger partial charge in [-0.1, -0.05) is 12.1 Å². The van der Waals surface area contributed by atoms with Gasteiger partial charge in [0, 0.05) is 18.7 Å². The molecule has 176 valence electrons. The van der Waals surface area contributed by atoms with Gasteiger partial charge in [-0.2, -0.15) is 4.52 Å². The predicted octanol–water partition coefficient (Wildman–Crippen LogP) is 3.23. The highest BCUT2D eigenvalue weighted by atomic mass is 19.4. The number of hydrogen-bond donors (Lipinski definition) is 2. The van der Waals surface area contributed by atoms with Crippen LogP contribution in [0, 0.1) is 0 Å². The Morgan fingerprint density at radius 1 is 1.18 bits per heavy atom. The summed E-state index contributed by atoms with van der Waals surface area (Å²) in [6.45, 7) is 1.12. The molecule has 2 aliphatic rings. The van der Waals surface area contributed by atoms with Gasteiger partial charge in [-0.3, -0.25) is 0 Å². The van der Waals surface area contributed by atoms with Crippen molar-refractivity contribution in [3.63, 3.8) is 0 Å². The van der Waals surface area contributed by atoms with Crippen molar-refractivity contribution in [3.8, 4) is 22.9 Å². The maximum absolute atomic E-state index is 12.7. The Morgan fingerprint density at radius 2 is 1.97 bits per heavy atom. The number of halogens is 3. The van der Waals surface area contributed by atoms with Crippen LogP contribution < -0.4 is 19.7 Å². The Morgan fingerprint density at radius 3 is 2.73 bits per heavy atom. The van der Waals surface area contributed by atoms with Gasteiger partial charge in [0.25, 0.3) is 0 Å². The fraction of sp³-hybridized carbons (Fsp3) is 0.476. The van der Waals surface area contributed by atoms with E-state index in [-0.39, 0.29) is 23.7 Å². The van der Waals surface area contributed by atoms with Gasteiger partial charge in [0.1, 0.15) is 18.0 Å². The summed E-state index contributed by atoms with van der Waals surface area (Å²) in [6, 6.07) is 5.66. The second-order valence-electron chi connectivity index (χ2n) is 8.28. The van der Waals surface area contributed by atoms with Crippen LogP contribution >= 0.6 is 0 Å². The van der Waals surface area contributed by atoms with Crippen molar-refractivity contribution in [2.45, 2.75) is 44.2 Å². The lowest BCUT2D eigenvalue weighted by molar-refractivity contribution is -0.274. The van der Waals surface area contributed by atoms with Crippen LogP contribution in [0.5, 0.6) is 11.5 Å². The molecule has 0 unspecified atom stereocenters. The molecule has 1 aromatic carbocycles. The summed E-state index contributed by atoms with van der Waals surface area (Å²) in [6.07, 6.45) is -2.07. The zero-order valence-corrected chi connectivity index (χ0v) is 17.8. The van der Waals surface area contributed by atoms with Gasteiger partial charge < -0.3 is 24.8 Å². The van der Waals surface area contributed by atoms with Crippen LogP contribution in [0.1, 0.15) is 25.7 Å². The number of likely N-dealkylation sites (N-methyl/N-ethyl adjacent to an activating group) is 1. The lowest BCUT2D eigenvalue weighted by Gasteiger charge is -2.32. The number of aliphatic hydroxyl groups excluding tert-OH is 1. The molecule has 3 heterocycles. The highest BCUT2D eigenvalue weighted by Gasteiger charge is 2.32. The van der Waals surface area contributed by atoms with Crippen molar-refractivity contribution in [1.29, 1.82) is 0 Å². The molecule has 33 heavy (non-hydrogen) atoms. The molecule has 0 bridgehead atoms. The Labute approximate surface area is 187 Å². The summed E-state index contributed by atoms with van der Waals surface area (Å²) in [5.41, 5.74) is 1.50. The van der Waals surface area contributed by atoms with Crippen LogP contribution in [0.3, 0.4) is 0 Å². The molecule has 2 aromatic heterocycles. The molecule has 9 nitrogen and oxygen atoms in total. The summed E-state index contributed by atoms with van der Waals surface area (Å²) < 4.78 is 49.5. The Bertz CT molecular complexity index is 1160. The molecular formula is C21H23F3N6O3. The van der Waals surface area contributed by atoms with Gasteiger partial charge >= 0.3 is 6.36 Å². The molecule has 1 fully saturated rings. The number of aliphatic hydroxyl groups is 1. The van der Waals surface area contributed by atoms with Gasteiger partial charge in [0.2, 0.25) is 5.65 Å². The van der Waals surface area contributed by atoms with Crippen LogP contribution in [0.25, 0.3) is 17.0 Å². The van der Waals surface area contributed by atoms with E-state index in [1.165, 1.54) is 22.7 Å². The molecule has 2 N–H and O–H groups in total. The van der Waals surface area contributed by atoms with E-state index in [9.17, 15) is 18.3 Å². The van der Waals surface area contributed by atoms with Gasteiger partial charge in [0.05, 0.1) is 12.6 Å². The molecule has 1 aliphatic carbocycles. The molecule has 0 spiro atoms. The lowest BCUT2D eigenvalue weighted by atomic mass is 9.93. The molecule has 1 saturated carbocycles. The van der Waals surface area contributed by atoms with Gasteiger partial charge in [-0.25, -0.2) is 0 Å².